The van der Waals surface area contributed by atoms with E-state index in [1.54, 1.807) is 22.9 Å². The molecule has 32 heavy (non-hydrogen) atoms. The van der Waals surface area contributed by atoms with Crippen LogP contribution in [0.2, 0.25) is 0 Å². The Morgan fingerprint density at radius 3 is 2.78 bits per heavy atom. The van der Waals surface area contributed by atoms with Crippen molar-refractivity contribution in [1.82, 2.24) is 24.6 Å². The maximum atomic E-state index is 13.0. The number of aryl methyl sites for hydroxylation is 1. The molecule has 1 saturated heterocycles. The van der Waals surface area contributed by atoms with Gasteiger partial charge in [-0.05, 0) is 31.0 Å². The fraction of sp³-hybridized carbons (Fsp3) is 0.478. The number of nitrogens with one attached hydrogen (secondary N) is 1. The number of H-pyrrole nitrogens is 1. The molecule has 0 atom stereocenters. The monoisotopic (exact) mass is 439 g/mol. The van der Waals surface area contributed by atoms with Crippen LogP contribution in [0.1, 0.15) is 42.7 Å². The number of hydrogen-bond donors (Lipinski definition) is 1. The number of benzene rings is 1. The van der Waals surface area contributed by atoms with Crippen molar-refractivity contribution in [3.8, 4) is 11.4 Å². The maximum Gasteiger partial charge on any atom is 0.277 e. The standard InChI is InChI=1S/C23H29N5O4/c1-3-5-17-21-22(23(30)25-15-24-21)28(26-17)18-13-16(6-7-20(18)32-10-4-2)19(29)14-27-8-11-31-12-9-27/h6-7,13,15H,3-5,8-12,14H2,1-2H3,(H,24,25,30). The highest BCUT2D eigenvalue weighted by molar-refractivity contribution is 5.98. The number of ketones is 1. The van der Waals surface area contributed by atoms with Crippen molar-refractivity contribution >= 4 is 16.8 Å². The summed E-state index contributed by atoms with van der Waals surface area (Å²) in [7, 11) is 0. The highest BCUT2D eigenvalue weighted by Crippen LogP contribution is 2.28. The molecule has 2 aromatic heterocycles. The van der Waals surface area contributed by atoms with Gasteiger partial charge in [-0.25, -0.2) is 9.67 Å². The number of hydrogen-bond acceptors (Lipinski definition) is 7. The van der Waals surface area contributed by atoms with Crippen LogP contribution in [0.3, 0.4) is 0 Å². The van der Waals surface area contributed by atoms with Gasteiger partial charge in [-0.1, -0.05) is 20.3 Å². The summed E-state index contributed by atoms with van der Waals surface area (Å²) in [5.41, 5.74) is 2.52. The topological polar surface area (TPSA) is 102 Å². The van der Waals surface area contributed by atoms with Crippen molar-refractivity contribution in [1.29, 1.82) is 0 Å². The Balaban J connectivity index is 1.78. The third kappa shape index (κ3) is 4.58. The number of Topliss-reactive ketones (excluding diaryl/α,β-unsaturated/α-hetero) is 1. The van der Waals surface area contributed by atoms with Crippen LogP contribution in [0.5, 0.6) is 5.75 Å². The SMILES string of the molecule is CCCOc1ccc(C(=O)CN2CCOCC2)cc1-n1nc(CCC)c2nc[nH]c(=O)c21. The van der Waals surface area contributed by atoms with E-state index in [9.17, 15) is 9.59 Å². The molecule has 0 amide bonds. The Bertz CT molecular complexity index is 1150. The molecule has 3 heterocycles. The van der Waals surface area contributed by atoms with E-state index in [0.29, 0.717) is 60.8 Å². The minimum absolute atomic E-state index is 0.00692. The smallest absolute Gasteiger partial charge is 0.277 e. The summed E-state index contributed by atoms with van der Waals surface area (Å²) in [6, 6.07) is 5.33. The molecule has 9 heteroatoms. The number of carbonyl (C=O) groups is 1. The molecule has 3 aromatic rings. The van der Waals surface area contributed by atoms with Crippen molar-refractivity contribution in [2.45, 2.75) is 33.1 Å². The third-order valence-corrected chi connectivity index (χ3v) is 5.46. The lowest BCUT2D eigenvalue weighted by Gasteiger charge is -2.25. The number of aromatic nitrogens is 4. The van der Waals surface area contributed by atoms with Crippen LogP contribution in [0.15, 0.2) is 29.3 Å². The van der Waals surface area contributed by atoms with Crippen molar-refractivity contribution in [3.63, 3.8) is 0 Å². The molecule has 0 saturated carbocycles. The molecule has 1 fully saturated rings. The summed E-state index contributed by atoms with van der Waals surface area (Å²) in [6.07, 6.45) is 3.80. The lowest BCUT2D eigenvalue weighted by molar-refractivity contribution is 0.0371. The van der Waals surface area contributed by atoms with Gasteiger partial charge in [-0.2, -0.15) is 5.10 Å². The second kappa shape index (κ2) is 10.1. The molecule has 0 unspecified atom stereocenters. The second-order valence-electron chi connectivity index (χ2n) is 7.88. The highest BCUT2D eigenvalue weighted by Gasteiger charge is 2.21. The first-order valence-electron chi connectivity index (χ1n) is 11.2. The quantitative estimate of drug-likeness (QED) is 0.511. The minimum atomic E-state index is -0.281. The molecule has 1 aliphatic heterocycles. The van der Waals surface area contributed by atoms with Crippen LogP contribution in [0.25, 0.3) is 16.7 Å². The summed E-state index contributed by atoms with van der Waals surface area (Å²) in [6.45, 7) is 7.67. The van der Waals surface area contributed by atoms with Crippen molar-refractivity contribution in [2.75, 3.05) is 39.5 Å². The summed E-state index contributed by atoms with van der Waals surface area (Å²) < 4.78 is 12.9. The van der Waals surface area contributed by atoms with Crippen LogP contribution in [-0.2, 0) is 11.2 Å². The highest BCUT2D eigenvalue weighted by atomic mass is 16.5. The van der Waals surface area contributed by atoms with E-state index in [-0.39, 0.29) is 11.3 Å². The molecule has 170 valence electrons. The molecule has 1 aromatic carbocycles. The normalized spacial score (nSPS) is 14.7. The first-order valence-corrected chi connectivity index (χ1v) is 11.2. The molecule has 4 rings (SSSR count). The molecule has 9 nitrogen and oxygen atoms in total. The Morgan fingerprint density at radius 2 is 2.03 bits per heavy atom. The van der Waals surface area contributed by atoms with E-state index >= 15 is 0 Å². The first kappa shape index (κ1) is 22.2. The zero-order valence-corrected chi connectivity index (χ0v) is 18.6. The molecular weight excluding hydrogens is 410 g/mol. The van der Waals surface area contributed by atoms with Crippen molar-refractivity contribution in [3.05, 3.63) is 46.1 Å². The van der Waals surface area contributed by atoms with Crippen LogP contribution >= 0.6 is 0 Å². The largest absolute Gasteiger partial charge is 0.491 e. The van der Waals surface area contributed by atoms with Crippen molar-refractivity contribution < 1.29 is 14.3 Å². The van der Waals surface area contributed by atoms with Gasteiger partial charge in [0.1, 0.15) is 17.0 Å². The number of ether oxygens (including phenoxy) is 2. The number of aromatic amines is 1. The number of rotatable bonds is 9. The van der Waals surface area contributed by atoms with Crippen LogP contribution in [0.4, 0.5) is 0 Å². The van der Waals surface area contributed by atoms with E-state index in [4.69, 9.17) is 14.6 Å². The first-order chi connectivity index (χ1) is 15.6. The molecule has 0 aliphatic carbocycles. The summed E-state index contributed by atoms with van der Waals surface area (Å²) in [5, 5.41) is 4.71. The van der Waals surface area contributed by atoms with Gasteiger partial charge in [0, 0.05) is 18.7 Å². The lowest BCUT2D eigenvalue weighted by Crippen LogP contribution is -2.39. The molecule has 1 aliphatic rings. The van der Waals surface area contributed by atoms with Gasteiger partial charge in [0.25, 0.3) is 5.56 Å². The van der Waals surface area contributed by atoms with Crippen LogP contribution in [0, 0.1) is 0 Å². The van der Waals surface area contributed by atoms with E-state index in [1.165, 1.54) is 6.33 Å². The van der Waals surface area contributed by atoms with E-state index in [1.807, 2.05) is 6.92 Å². The number of nitrogens with zero attached hydrogens (tertiary/aromatic N) is 4. The van der Waals surface area contributed by atoms with Gasteiger partial charge in [0.15, 0.2) is 11.3 Å². The zero-order valence-electron chi connectivity index (χ0n) is 18.6. The third-order valence-electron chi connectivity index (χ3n) is 5.46. The number of carbonyl (C=O) groups excluding carboxylic acids is 1. The van der Waals surface area contributed by atoms with Gasteiger partial charge in [0.2, 0.25) is 0 Å². The number of morpholine rings is 1. The molecule has 1 N–H and O–H groups in total. The number of fused-ring (bicyclic) bond motifs is 1. The predicted octanol–water partition coefficient (Wildman–Crippen LogP) is 2.37. The average molecular weight is 440 g/mol. The maximum absolute atomic E-state index is 13.0. The summed E-state index contributed by atoms with van der Waals surface area (Å²) in [5.74, 6) is 0.581. The molecule has 0 radical (unpaired) electrons. The van der Waals surface area contributed by atoms with Gasteiger partial charge >= 0.3 is 0 Å². The zero-order chi connectivity index (χ0) is 22.5. The molecule has 0 spiro atoms. The average Bonchev–Trinajstić information content (AvgIpc) is 3.18. The fourth-order valence-corrected chi connectivity index (χ4v) is 3.84. The summed E-state index contributed by atoms with van der Waals surface area (Å²) >= 11 is 0. The predicted molar refractivity (Wildman–Crippen MR) is 121 cm³/mol. The Labute approximate surface area is 186 Å². The lowest BCUT2D eigenvalue weighted by atomic mass is 10.1. The van der Waals surface area contributed by atoms with Crippen LogP contribution in [-0.4, -0.2) is 69.9 Å². The fourth-order valence-electron chi connectivity index (χ4n) is 3.84. The van der Waals surface area contributed by atoms with Crippen molar-refractivity contribution in [2.24, 2.45) is 0 Å². The Morgan fingerprint density at radius 1 is 1.22 bits per heavy atom. The summed E-state index contributed by atoms with van der Waals surface area (Å²) in [4.78, 5) is 34.8. The molecular formula is C23H29N5O4. The van der Waals surface area contributed by atoms with E-state index < -0.39 is 0 Å². The second-order valence-corrected chi connectivity index (χ2v) is 7.88. The Kier molecular flexibility index (Phi) is 6.96. The van der Waals surface area contributed by atoms with Gasteiger partial charge in [0.05, 0.1) is 38.4 Å². The van der Waals surface area contributed by atoms with E-state index in [2.05, 4.69) is 21.8 Å². The molecule has 0 bridgehead atoms. The van der Waals surface area contributed by atoms with Gasteiger partial charge in [-0.3, -0.25) is 14.5 Å². The minimum Gasteiger partial charge on any atom is -0.491 e. The van der Waals surface area contributed by atoms with Gasteiger partial charge in [-0.15, -0.1) is 0 Å². The van der Waals surface area contributed by atoms with E-state index in [0.717, 1.165) is 31.6 Å². The Hall–Kier alpha value is -3.04. The van der Waals surface area contributed by atoms with Crippen LogP contribution < -0.4 is 10.3 Å². The van der Waals surface area contributed by atoms with Gasteiger partial charge < -0.3 is 14.5 Å².